The zero-order valence-electron chi connectivity index (χ0n) is 12.9. The Kier molecular flexibility index (Phi) is 3.20. The Balaban J connectivity index is 1.49. The van der Waals surface area contributed by atoms with Gasteiger partial charge in [0.1, 0.15) is 6.04 Å². The summed E-state index contributed by atoms with van der Waals surface area (Å²) in [5, 5.41) is 3.03. The third kappa shape index (κ3) is 2.51. The summed E-state index contributed by atoms with van der Waals surface area (Å²) in [5.41, 5.74) is 0.944. The normalized spacial score (nSPS) is 29.9. The van der Waals surface area contributed by atoms with Crippen LogP contribution in [0, 0.1) is 17.8 Å². The van der Waals surface area contributed by atoms with E-state index in [2.05, 4.69) is 17.2 Å². The quantitative estimate of drug-likeness (QED) is 0.900. The number of hydrogen-bond donors (Lipinski definition) is 1. The molecule has 3 aliphatic rings. The highest BCUT2D eigenvalue weighted by Gasteiger charge is 2.43. The summed E-state index contributed by atoms with van der Waals surface area (Å²) < 4.78 is 1.92. The second-order valence-electron chi connectivity index (χ2n) is 7.03. The van der Waals surface area contributed by atoms with E-state index in [-0.39, 0.29) is 23.8 Å². The average molecular weight is 302 g/mol. The van der Waals surface area contributed by atoms with Gasteiger partial charge in [0.05, 0.1) is 25.1 Å². The number of hydrogen-bond acceptors (Lipinski definition) is 3. The van der Waals surface area contributed by atoms with Crippen LogP contribution in [0.1, 0.15) is 37.9 Å². The molecular weight excluding hydrogens is 280 g/mol. The zero-order chi connectivity index (χ0) is 15.3. The first kappa shape index (κ1) is 13.8. The predicted molar refractivity (Wildman–Crippen MR) is 79.7 cm³/mol. The molecule has 0 aromatic carbocycles. The van der Waals surface area contributed by atoms with Crippen LogP contribution in [-0.4, -0.2) is 39.4 Å². The summed E-state index contributed by atoms with van der Waals surface area (Å²) in [6.07, 6.45) is 6.87. The maximum absolute atomic E-state index is 12.5. The van der Waals surface area contributed by atoms with E-state index in [1.54, 1.807) is 12.5 Å². The van der Waals surface area contributed by atoms with Crippen molar-refractivity contribution < 1.29 is 9.59 Å². The molecule has 1 aromatic rings. The van der Waals surface area contributed by atoms with Crippen LogP contribution in [0.4, 0.5) is 0 Å². The fraction of sp³-hybridized carbons (Fsp3) is 0.688. The lowest BCUT2D eigenvalue weighted by atomic mass is 10.1. The van der Waals surface area contributed by atoms with Crippen LogP contribution >= 0.6 is 0 Å². The van der Waals surface area contributed by atoms with E-state index in [4.69, 9.17) is 0 Å². The highest BCUT2D eigenvalue weighted by atomic mass is 16.2. The number of imidazole rings is 1. The van der Waals surface area contributed by atoms with E-state index in [0.29, 0.717) is 24.9 Å². The van der Waals surface area contributed by atoms with Crippen molar-refractivity contribution >= 4 is 11.8 Å². The van der Waals surface area contributed by atoms with Gasteiger partial charge in [-0.15, -0.1) is 0 Å². The Bertz CT molecular complexity index is 607. The minimum Gasteiger partial charge on any atom is -0.354 e. The predicted octanol–water partition coefficient (Wildman–Crippen LogP) is 0.949. The highest BCUT2D eigenvalue weighted by molar-refractivity contribution is 5.84. The van der Waals surface area contributed by atoms with Gasteiger partial charge in [-0.05, 0) is 31.1 Å². The molecule has 4 rings (SSSR count). The molecule has 3 atom stereocenters. The van der Waals surface area contributed by atoms with Gasteiger partial charge in [0, 0.05) is 18.7 Å². The molecule has 2 fully saturated rings. The third-order valence-electron chi connectivity index (χ3n) is 5.13. The molecule has 1 aliphatic heterocycles. The Hall–Kier alpha value is -1.85. The lowest BCUT2D eigenvalue weighted by molar-refractivity contribution is -0.136. The first-order chi connectivity index (χ1) is 10.6. The number of nitrogens with one attached hydrogen (secondary N) is 1. The molecule has 22 heavy (non-hydrogen) atoms. The molecule has 1 N–H and O–H groups in total. The smallest absolute Gasteiger partial charge is 0.244 e. The molecule has 0 bridgehead atoms. The summed E-state index contributed by atoms with van der Waals surface area (Å²) in [4.78, 5) is 31.0. The molecule has 2 amide bonds. The summed E-state index contributed by atoms with van der Waals surface area (Å²) >= 11 is 0. The Labute approximate surface area is 129 Å². The van der Waals surface area contributed by atoms with Gasteiger partial charge in [0.25, 0.3) is 0 Å². The van der Waals surface area contributed by atoms with Gasteiger partial charge in [0.15, 0.2) is 0 Å². The molecular formula is C16H22N4O2. The van der Waals surface area contributed by atoms with E-state index in [1.807, 2.05) is 9.47 Å². The molecule has 6 heteroatoms. The molecule has 0 saturated heterocycles. The molecule has 6 nitrogen and oxygen atoms in total. The molecule has 2 aliphatic carbocycles. The number of nitrogens with zero attached hydrogens (tertiary/aromatic N) is 3. The Morgan fingerprint density at radius 3 is 2.86 bits per heavy atom. The summed E-state index contributed by atoms with van der Waals surface area (Å²) in [6.45, 7) is 3.89. The standard InChI is InChI=1S/C16H22N4O2/c1-10-4-13(10)16(22)19-7-12-6-17-9-20(12)14(8-19)15(21)18-5-11-2-3-11/h6,9-11,13-14H,2-5,7-8H2,1H3,(H,18,21)/t10-,13-,14+/m1/s1. The van der Waals surface area contributed by atoms with Crippen molar-refractivity contribution in [1.82, 2.24) is 19.8 Å². The van der Waals surface area contributed by atoms with Gasteiger partial charge in [-0.1, -0.05) is 6.92 Å². The third-order valence-corrected chi connectivity index (χ3v) is 5.13. The van der Waals surface area contributed by atoms with Gasteiger partial charge >= 0.3 is 0 Å². The van der Waals surface area contributed by atoms with Crippen molar-refractivity contribution in [3.63, 3.8) is 0 Å². The second kappa shape index (κ2) is 5.11. The summed E-state index contributed by atoms with van der Waals surface area (Å²) in [7, 11) is 0. The lowest BCUT2D eigenvalue weighted by Gasteiger charge is -2.34. The van der Waals surface area contributed by atoms with Crippen molar-refractivity contribution in [3.05, 3.63) is 18.2 Å². The number of amides is 2. The number of aromatic nitrogens is 2. The monoisotopic (exact) mass is 302 g/mol. The van der Waals surface area contributed by atoms with Crippen molar-refractivity contribution in [2.75, 3.05) is 13.1 Å². The number of carbonyl (C=O) groups is 2. The van der Waals surface area contributed by atoms with Crippen LogP contribution in [0.25, 0.3) is 0 Å². The van der Waals surface area contributed by atoms with Crippen LogP contribution in [0.15, 0.2) is 12.5 Å². The Morgan fingerprint density at radius 1 is 1.41 bits per heavy atom. The molecule has 2 heterocycles. The van der Waals surface area contributed by atoms with Gasteiger partial charge in [0.2, 0.25) is 11.8 Å². The Morgan fingerprint density at radius 2 is 2.18 bits per heavy atom. The maximum atomic E-state index is 12.5. The zero-order valence-corrected chi connectivity index (χ0v) is 12.9. The highest BCUT2D eigenvalue weighted by Crippen LogP contribution is 2.40. The van der Waals surface area contributed by atoms with Crippen LogP contribution < -0.4 is 5.32 Å². The lowest BCUT2D eigenvalue weighted by Crippen LogP contribution is -2.47. The number of rotatable bonds is 4. The molecule has 2 saturated carbocycles. The van der Waals surface area contributed by atoms with Crippen LogP contribution in [-0.2, 0) is 16.1 Å². The van der Waals surface area contributed by atoms with Crippen molar-refractivity contribution in [2.24, 2.45) is 17.8 Å². The van der Waals surface area contributed by atoms with E-state index >= 15 is 0 Å². The van der Waals surface area contributed by atoms with Crippen LogP contribution in [0.5, 0.6) is 0 Å². The summed E-state index contributed by atoms with van der Waals surface area (Å²) in [5.74, 6) is 1.50. The van der Waals surface area contributed by atoms with Gasteiger partial charge in [-0.25, -0.2) is 4.98 Å². The first-order valence-electron chi connectivity index (χ1n) is 8.20. The molecule has 118 valence electrons. The first-order valence-corrected chi connectivity index (χ1v) is 8.20. The van der Waals surface area contributed by atoms with Gasteiger partial charge in [-0.2, -0.15) is 0 Å². The molecule has 0 unspecified atom stereocenters. The van der Waals surface area contributed by atoms with Gasteiger partial charge < -0.3 is 14.8 Å². The molecule has 0 spiro atoms. The average Bonchev–Trinajstić information content (AvgIpc) is 3.42. The fourth-order valence-corrected chi connectivity index (χ4v) is 3.25. The SMILES string of the molecule is C[C@@H]1C[C@H]1C(=O)N1Cc2cncn2[C@H](C(=O)NCC2CC2)C1. The van der Waals surface area contributed by atoms with E-state index < -0.39 is 0 Å². The van der Waals surface area contributed by atoms with Gasteiger partial charge in [-0.3, -0.25) is 9.59 Å². The molecule has 0 radical (unpaired) electrons. The minimum atomic E-state index is -0.344. The van der Waals surface area contributed by atoms with Crippen LogP contribution in [0.2, 0.25) is 0 Å². The van der Waals surface area contributed by atoms with Crippen LogP contribution in [0.3, 0.4) is 0 Å². The number of carbonyl (C=O) groups excluding carboxylic acids is 2. The van der Waals surface area contributed by atoms with Crippen molar-refractivity contribution in [3.8, 4) is 0 Å². The van der Waals surface area contributed by atoms with Crippen molar-refractivity contribution in [2.45, 2.75) is 38.8 Å². The molecule has 1 aromatic heterocycles. The maximum Gasteiger partial charge on any atom is 0.244 e. The van der Waals surface area contributed by atoms with E-state index in [1.165, 1.54) is 12.8 Å². The summed E-state index contributed by atoms with van der Waals surface area (Å²) in [6, 6.07) is -0.344. The van der Waals surface area contributed by atoms with Crippen molar-refractivity contribution in [1.29, 1.82) is 0 Å². The second-order valence-corrected chi connectivity index (χ2v) is 7.03. The largest absolute Gasteiger partial charge is 0.354 e. The van der Waals surface area contributed by atoms with E-state index in [9.17, 15) is 9.59 Å². The van der Waals surface area contributed by atoms with E-state index in [0.717, 1.165) is 18.7 Å². The number of fused-ring (bicyclic) bond motifs is 1. The minimum absolute atomic E-state index is 0.00694. The topological polar surface area (TPSA) is 67.2 Å². The fourth-order valence-electron chi connectivity index (χ4n) is 3.25.